The average Bonchev–Trinajstić information content (AvgIpc) is 2.25. The van der Waals surface area contributed by atoms with Crippen LogP contribution in [0.1, 0.15) is 84.0 Å². The summed E-state index contributed by atoms with van der Waals surface area (Å²) in [5.41, 5.74) is 0. The van der Waals surface area contributed by atoms with Crippen molar-refractivity contribution in [1.29, 1.82) is 0 Å². The van der Waals surface area contributed by atoms with E-state index in [1.807, 2.05) is 0 Å². The second-order valence-electron chi connectivity index (χ2n) is 4.68. The number of carbonyl (C=O) groups is 1. The molecule has 0 unspecified atom stereocenters. The van der Waals surface area contributed by atoms with Gasteiger partial charge in [0, 0.05) is 6.42 Å². The molecule has 0 aliphatic carbocycles. The molecule has 0 saturated carbocycles. The quantitative estimate of drug-likeness (QED) is 0.434. The van der Waals surface area contributed by atoms with Crippen LogP contribution in [0.15, 0.2) is 0 Å². The summed E-state index contributed by atoms with van der Waals surface area (Å²) in [5.74, 6) is -0.657. The first-order chi connectivity index (χ1) is 7.77. The molecule has 0 saturated heterocycles. The van der Waals surface area contributed by atoms with Gasteiger partial charge in [-0.05, 0) is 6.42 Å². The van der Waals surface area contributed by atoms with Crippen molar-refractivity contribution in [3.63, 3.8) is 0 Å². The number of aliphatic carboxylic acids is 1. The van der Waals surface area contributed by atoms with Crippen molar-refractivity contribution in [2.45, 2.75) is 84.0 Å². The van der Waals surface area contributed by atoms with Gasteiger partial charge in [0.05, 0.1) is 0 Å². The topological polar surface area (TPSA) is 37.3 Å². The second kappa shape index (κ2) is 20.9. The Kier molecular flexibility index (Phi) is 28.6. The van der Waals surface area contributed by atoms with E-state index in [-0.39, 0.29) is 68.5 Å². The zero-order valence-corrected chi connectivity index (χ0v) is 13.4. The SMILES string of the molecule is CCCCCCCCCCCCCC(=O)O.[KH].[SeH2]. The van der Waals surface area contributed by atoms with Gasteiger partial charge in [-0.1, -0.05) is 71.1 Å². The summed E-state index contributed by atoms with van der Waals surface area (Å²) in [4.78, 5) is 10.3. The van der Waals surface area contributed by atoms with Gasteiger partial charge < -0.3 is 5.11 Å². The van der Waals surface area contributed by atoms with Crippen molar-refractivity contribution >= 4 is 74.4 Å². The Morgan fingerprint density at radius 2 is 1.11 bits per heavy atom. The molecule has 0 amide bonds. The number of carboxylic acid groups (broad SMARTS) is 1. The van der Waals surface area contributed by atoms with Gasteiger partial charge in [0.1, 0.15) is 0 Å². The van der Waals surface area contributed by atoms with E-state index in [9.17, 15) is 4.79 Å². The molecule has 0 radical (unpaired) electrons. The summed E-state index contributed by atoms with van der Waals surface area (Å²) < 4.78 is 0. The Bertz CT molecular complexity index is 166. The van der Waals surface area contributed by atoms with Crippen LogP contribution in [-0.2, 0) is 4.79 Å². The fourth-order valence-electron chi connectivity index (χ4n) is 1.94. The monoisotopic (exact) mass is 350 g/mol. The first kappa shape index (κ1) is 24.6. The van der Waals surface area contributed by atoms with Crippen molar-refractivity contribution in [3.8, 4) is 0 Å². The van der Waals surface area contributed by atoms with E-state index < -0.39 is 5.97 Å². The van der Waals surface area contributed by atoms with Crippen molar-refractivity contribution in [3.05, 3.63) is 0 Å². The van der Waals surface area contributed by atoms with Gasteiger partial charge in [-0.2, -0.15) is 0 Å². The van der Waals surface area contributed by atoms with Crippen LogP contribution in [0.2, 0.25) is 0 Å². The summed E-state index contributed by atoms with van der Waals surface area (Å²) in [6.45, 7) is 2.25. The van der Waals surface area contributed by atoms with Crippen LogP contribution < -0.4 is 0 Å². The standard InChI is InChI=1S/C14H28O2.K.H2Se.H/c1-2-3-4-5-6-7-8-9-10-11-12-13-14(15)16;;;/h2-13H2,1H3,(H,15,16);;1H2;. The van der Waals surface area contributed by atoms with Crippen LogP contribution in [0.25, 0.3) is 0 Å². The normalized spacial score (nSPS) is 9.39. The Morgan fingerprint density at radius 3 is 1.44 bits per heavy atom. The molecule has 0 aromatic heterocycles. The first-order valence-corrected chi connectivity index (χ1v) is 6.99. The van der Waals surface area contributed by atoms with Gasteiger partial charge in [0.25, 0.3) is 0 Å². The molecule has 0 atom stereocenters. The maximum absolute atomic E-state index is 10.3. The third kappa shape index (κ3) is 22.8. The predicted molar refractivity (Wildman–Crippen MR) is 84.4 cm³/mol. The molecule has 0 fully saturated rings. The fraction of sp³-hybridized carbons (Fsp3) is 0.929. The Morgan fingerprint density at radius 1 is 0.778 bits per heavy atom. The number of rotatable bonds is 12. The molecule has 0 aromatic rings. The fourth-order valence-corrected chi connectivity index (χ4v) is 1.94. The van der Waals surface area contributed by atoms with Crippen molar-refractivity contribution in [2.75, 3.05) is 0 Å². The molecule has 0 aromatic carbocycles. The molecule has 0 aliphatic heterocycles. The third-order valence-electron chi connectivity index (χ3n) is 2.99. The molecule has 1 N–H and O–H groups in total. The van der Waals surface area contributed by atoms with Crippen LogP contribution in [-0.4, -0.2) is 79.5 Å². The molecular weight excluding hydrogens is 318 g/mol. The van der Waals surface area contributed by atoms with Crippen LogP contribution in [0.5, 0.6) is 0 Å². The van der Waals surface area contributed by atoms with E-state index >= 15 is 0 Å². The predicted octanol–water partition coefficient (Wildman–Crippen LogP) is 3.21. The van der Waals surface area contributed by atoms with Crippen LogP contribution in [0.3, 0.4) is 0 Å². The molecule has 0 spiro atoms. The Balaban J connectivity index is -0.00000112. The maximum atomic E-state index is 10.3. The molecule has 2 nitrogen and oxygen atoms in total. The van der Waals surface area contributed by atoms with E-state index in [2.05, 4.69) is 6.92 Å². The third-order valence-corrected chi connectivity index (χ3v) is 2.99. The molecule has 0 heterocycles. The van der Waals surface area contributed by atoms with Crippen molar-refractivity contribution in [2.24, 2.45) is 0 Å². The molecule has 4 heteroatoms. The number of unbranched alkanes of at least 4 members (excludes halogenated alkanes) is 10. The summed E-state index contributed by atoms with van der Waals surface area (Å²) in [5, 5.41) is 8.46. The number of hydrogen-bond acceptors (Lipinski definition) is 1. The molecule has 18 heavy (non-hydrogen) atoms. The molecule has 0 rings (SSSR count). The minimum absolute atomic E-state index is 0. The molecule has 0 bridgehead atoms. The van der Waals surface area contributed by atoms with Crippen LogP contribution in [0.4, 0.5) is 0 Å². The first-order valence-electron chi connectivity index (χ1n) is 6.99. The van der Waals surface area contributed by atoms with Gasteiger partial charge in [0.2, 0.25) is 0 Å². The summed E-state index contributed by atoms with van der Waals surface area (Å²) in [7, 11) is 0. The Hall–Kier alpha value is 1.63. The second-order valence-corrected chi connectivity index (χ2v) is 4.68. The number of hydrogen-bond donors (Lipinski definition) is 1. The van der Waals surface area contributed by atoms with E-state index in [0.29, 0.717) is 6.42 Å². The van der Waals surface area contributed by atoms with Gasteiger partial charge in [-0.15, -0.1) is 0 Å². The summed E-state index contributed by atoms with van der Waals surface area (Å²) >= 11 is 0. The zero-order valence-electron chi connectivity index (χ0n) is 11.3. The van der Waals surface area contributed by atoms with Crippen molar-refractivity contribution in [1.82, 2.24) is 0 Å². The molecular formula is C14H31KO2Se. The summed E-state index contributed by atoms with van der Waals surface area (Å²) in [6.07, 6.45) is 14.4. The minimum atomic E-state index is -0.657. The van der Waals surface area contributed by atoms with Gasteiger partial charge in [-0.3, -0.25) is 4.79 Å². The summed E-state index contributed by atoms with van der Waals surface area (Å²) in [6, 6.07) is 0. The molecule has 106 valence electrons. The van der Waals surface area contributed by atoms with E-state index in [0.717, 1.165) is 12.8 Å². The molecule has 0 aliphatic rings. The van der Waals surface area contributed by atoms with E-state index in [1.165, 1.54) is 57.8 Å². The zero-order chi connectivity index (χ0) is 12.1. The van der Waals surface area contributed by atoms with Crippen LogP contribution in [0, 0.1) is 0 Å². The Labute approximate surface area is 166 Å². The van der Waals surface area contributed by atoms with E-state index in [4.69, 9.17) is 5.11 Å². The van der Waals surface area contributed by atoms with Crippen LogP contribution >= 0.6 is 0 Å². The average molecular weight is 349 g/mol. The van der Waals surface area contributed by atoms with Crippen molar-refractivity contribution < 1.29 is 9.90 Å². The van der Waals surface area contributed by atoms with Gasteiger partial charge >= 0.3 is 74.4 Å². The number of carboxylic acids is 1. The van der Waals surface area contributed by atoms with Gasteiger partial charge in [-0.25, -0.2) is 0 Å². The van der Waals surface area contributed by atoms with E-state index in [1.54, 1.807) is 0 Å². The van der Waals surface area contributed by atoms with Gasteiger partial charge in [0.15, 0.2) is 0 Å².